The maximum atomic E-state index is 8.98. The van der Waals surface area contributed by atoms with Crippen LogP contribution in [0.5, 0.6) is 5.75 Å². The molecule has 1 unspecified atom stereocenters. The summed E-state index contributed by atoms with van der Waals surface area (Å²) in [6.45, 7) is 0.757. The molecule has 4 rings (SSSR count). The van der Waals surface area contributed by atoms with Gasteiger partial charge >= 0.3 is 0 Å². The molecule has 1 fully saturated rings. The molecule has 0 bridgehead atoms. The number of nitrogens with zero attached hydrogens (tertiary/aromatic N) is 2. The van der Waals surface area contributed by atoms with Crippen LogP contribution in [0.4, 0.5) is 0 Å². The first-order chi connectivity index (χ1) is 8.88. The van der Waals surface area contributed by atoms with Gasteiger partial charge in [-0.15, -0.1) is 0 Å². The van der Waals surface area contributed by atoms with Gasteiger partial charge in [-0.2, -0.15) is 5.26 Å². The van der Waals surface area contributed by atoms with Gasteiger partial charge in [-0.1, -0.05) is 0 Å². The summed E-state index contributed by atoms with van der Waals surface area (Å²) in [6.07, 6.45) is 3.60. The van der Waals surface area contributed by atoms with Gasteiger partial charge in [-0.3, -0.25) is 0 Å². The fourth-order valence-corrected chi connectivity index (χ4v) is 3.07. The maximum absolute atomic E-state index is 8.98. The molecule has 0 spiro atoms. The molecule has 1 aromatic carbocycles. The Balaban J connectivity index is 1.76. The monoisotopic (exact) mass is 237 g/mol. The van der Waals surface area contributed by atoms with E-state index in [0.717, 1.165) is 12.4 Å². The lowest BCUT2D eigenvalue weighted by Crippen LogP contribution is -2.08. The number of rotatable bonds is 1. The van der Waals surface area contributed by atoms with E-state index < -0.39 is 0 Å². The number of imidazole rings is 1. The van der Waals surface area contributed by atoms with Crippen LogP contribution in [0.1, 0.15) is 28.7 Å². The van der Waals surface area contributed by atoms with Crippen molar-refractivity contribution in [2.45, 2.75) is 11.8 Å². The van der Waals surface area contributed by atoms with E-state index in [1.54, 1.807) is 6.33 Å². The van der Waals surface area contributed by atoms with Crippen molar-refractivity contribution in [2.24, 2.45) is 5.92 Å². The molecule has 0 amide bonds. The van der Waals surface area contributed by atoms with E-state index in [2.05, 4.69) is 16.0 Å². The SMILES string of the molecule is N#Cc1ccc2c(c1)[C@H]1C(c3cnc[nH]3)[C@H]1CO2. The number of ether oxygens (including phenoxy) is 1. The maximum Gasteiger partial charge on any atom is 0.122 e. The summed E-state index contributed by atoms with van der Waals surface area (Å²) in [5, 5.41) is 8.98. The van der Waals surface area contributed by atoms with E-state index in [1.807, 2.05) is 24.4 Å². The average Bonchev–Trinajstić information content (AvgIpc) is 2.91. The van der Waals surface area contributed by atoms with Crippen molar-refractivity contribution in [3.05, 3.63) is 47.5 Å². The second-order valence-corrected chi connectivity index (χ2v) is 4.90. The Bertz CT molecular complexity index is 642. The van der Waals surface area contributed by atoms with Gasteiger partial charge in [0.05, 0.1) is 24.6 Å². The van der Waals surface area contributed by atoms with E-state index in [0.29, 0.717) is 23.3 Å². The van der Waals surface area contributed by atoms with Crippen molar-refractivity contribution in [1.29, 1.82) is 5.26 Å². The van der Waals surface area contributed by atoms with E-state index in [-0.39, 0.29) is 0 Å². The number of aromatic nitrogens is 2. The first kappa shape index (κ1) is 9.72. The zero-order valence-corrected chi connectivity index (χ0v) is 9.63. The highest BCUT2D eigenvalue weighted by Gasteiger charge is 2.56. The number of nitriles is 1. The molecule has 88 valence electrons. The van der Waals surface area contributed by atoms with Crippen LogP contribution in [-0.4, -0.2) is 16.6 Å². The highest BCUT2D eigenvalue weighted by atomic mass is 16.5. The molecule has 2 heterocycles. The van der Waals surface area contributed by atoms with E-state index in [1.165, 1.54) is 11.3 Å². The predicted octanol–water partition coefficient (Wildman–Crippen LogP) is 2.17. The largest absolute Gasteiger partial charge is 0.493 e. The van der Waals surface area contributed by atoms with Crippen LogP contribution in [0, 0.1) is 17.2 Å². The van der Waals surface area contributed by atoms with E-state index in [9.17, 15) is 0 Å². The summed E-state index contributed by atoms with van der Waals surface area (Å²) in [5.41, 5.74) is 3.04. The summed E-state index contributed by atoms with van der Waals surface area (Å²) >= 11 is 0. The molecule has 1 aliphatic carbocycles. The third-order valence-corrected chi connectivity index (χ3v) is 3.98. The average molecular weight is 237 g/mol. The lowest BCUT2D eigenvalue weighted by atomic mass is 10.0. The Morgan fingerprint density at radius 3 is 3.11 bits per heavy atom. The molecule has 1 aromatic heterocycles. The molecule has 1 saturated carbocycles. The summed E-state index contributed by atoms with van der Waals surface area (Å²) < 4.78 is 5.76. The molecule has 4 heteroatoms. The lowest BCUT2D eigenvalue weighted by Gasteiger charge is -2.15. The van der Waals surface area contributed by atoms with Gasteiger partial charge < -0.3 is 9.72 Å². The van der Waals surface area contributed by atoms with Crippen molar-refractivity contribution in [3.63, 3.8) is 0 Å². The third-order valence-electron chi connectivity index (χ3n) is 3.98. The van der Waals surface area contributed by atoms with Gasteiger partial charge in [0.15, 0.2) is 0 Å². The standard InChI is InChI=1S/C14H11N3O/c15-4-8-1-2-12-9(3-8)13-10(6-18-12)14(13)11-5-16-7-17-11/h1-3,5,7,10,13-14H,6H2,(H,16,17)/t10-,13+,14?/m0/s1. The molecule has 4 nitrogen and oxygen atoms in total. The van der Waals surface area contributed by atoms with E-state index >= 15 is 0 Å². The Morgan fingerprint density at radius 2 is 2.33 bits per heavy atom. The zero-order chi connectivity index (χ0) is 12.1. The van der Waals surface area contributed by atoms with Crippen LogP contribution in [0.3, 0.4) is 0 Å². The molecule has 2 aliphatic rings. The fraction of sp³-hybridized carbons (Fsp3) is 0.286. The topological polar surface area (TPSA) is 61.7 Å². The minimum atomic E-state index is 0.461. The molecule has 1 N–H and O–H groups in total. The molecular formula is C14H11N3O. The number of fused-ring (bicyclic) bond motifs is 3. The van der Waals surface area contributed by atoms with Gasteiger partial charge in [0.25, 0.3) is 0 Å². The van der Waals surface area contributed by atoms with Gasteiger partial charge in [-0.25, -0.2) is 4.98 Å². The molecule has 0 radical (unpaired) electrons. The number of nitrogens with one attached hydrogen (secondary N) is 1. The van der Waals surface area contributed by atoms with Crippen molar-refractivity contribution in [1.82, 2.24) is 9.97 Å². The van der Waals surface area contributed by atoms with Gasteiger partial charge in [0.2, 0.25) is 0 Å². The van der Waals surface area contributed by atoms with Gasteiger partial charge in [-0.05, 0) is 23.8 Å². The van der Waals surface area contributed by atoms with Gasteiger partial charge in [0.1, 0.15) is 5.75 Å². The summed E-state index contributed by atoms with van der Waals surface area (Å²) in [6, 6.07) is 7.87. The van der Waals surface area contributed by atoms with Crippen molar-refractivity contribution >= 4 is 0 Å². The summed E-state index contributed by atoms with van der Waals surface area (Å²) in [4.78, 5) is 7.27. The van der Waals surface area contributed by atoms with Gasteiger partial charge in [0, 0.05) is 29.6 Å². The number of aromatic amines is 1. The molecular weight excluding hydrogens is 226 g/mol. The number of H-pyrrole nitrogens is 1. The highest BCUT2D eigenvalue weighted by Crippen LogP contribution is 2.63. The Hall–Kier alpha value is -2.28. The predicted molar refractivity (Wildman–Crippen MR) is 64.2 cm³/mol. The number of hydrogen-bond donors (Lipinski definition) is 1. The lowest BCUT2D eigenvalue weighted by molar-refractivity contribution is 0.277. The second-order valence-electron chi connectivity index (χ2n) is 4.90. The first-order valence-corrected chi connectivity index (χ1v) is 6.03. The highest BCUT2D eigenvalue weighted by molar-refractivity contribution is 5.50. The Kier molecular flexibility index (Phi) is 1.81. The normalized spacial score (nSPS) is 27.6. The smallest absolute Gasteiger partial charge is 0.122 e. The molecule has 1 aliphatic heterocycles. The van der Waals surface area contributed by atoms with Crippen molar-refractivity contribution < 1.29 is 4.74 Å². The second kappa shape index (κ2) is 3.36. The molecule has 18 heavy (non-hydrogen) atoms. The van der Waals surface area contributed by atoms with Crippen LogP contribution in [-0.2, 0) is 0 Å². The van der Waals surface area contributed by atoms with Crippen molar-refractivity contribution in [2.75, 3.05) is 6.61 Å². The molecule has 0 saturated heterocycles. The van der Waals surface area contributed by atoms with E-state index in [4.69, 9.17) is 10.00 Å². The first-order valence-electron chi connectivity index (χ1n) is 6.03. The summed E-state index contributed by atoms with van der Waals surface area (Å²) in [7, 11) is 0. The minimum absolute atomic E-state index is 0.461. The van der Waals surface area contributed by atoms with Crippen LogP contribution in [0.25, 0.3) is 0 Å². The van der Waals surface area contributed by atoms with Crippen LogP contribution in [0.15, 0.2) is 30.7 Å². The molecule has 3 atom stereocenters. The zero-order valence-electron chi connectivity index (χ0n) is 9.63. The Labute approximate surface area is 104 Å². The summed E-state index contributed by atoms with van der Waals surface area (Å²) in [5.74, 6) is 2.38. The van der Waals surface area contributed by atoms with Crippen LogP contribution in [0.2, 0.25) is 0 Å². The quantitative estimate of drug-likeness (QED) is 0.826. The third kappa shape index (κ3) is 1.22. The fourth-order valence-electron chi connectivity index (χ4n) is 3.07. The van der Waals surface area contributed by atoms with Crippen LogP contribution < -0.4 is 4.74 Å². The minimum Gasteiger partial charge on any atom is -0.493 e. The van der Waals surface area contributed by atoms with Crippen LogP contribution >= 0.6 is 0 Å². The molecule has 2 aromatic rings. The number of hydrogen-bond acceptors (Lipinski definition) is 3. The van der Waals surface area contributed by atoms with Crippen molar-refractivity contribution in [3.8, 4) is 11.8 Å². The number of benzene rings is 1. The Morgan fingerprint density at radius 1 is 1.39 bits per heavy atom.